The van der Waals surface area contributed by atoms with Gasteiger partial charge >= 0.3 is 5.69 Å². The summed E-state index contributed by atoms with van der Waals surface area (Å²) in [7, 11) is 1.59. The van der Waals surface area contributed by atoms with Crippen molar-refractivity contribution in [2.75, 3.05) is 20.1 Å². The molecule has 0 radical (unpaired) electrons. The molecule has 3 N–H and O–H groups in total. The molecular formula is C13H23N5O3. The van der Waals surface area contributed by atoms with Gasteiger partial charge < -0.3 is 10.6 Å². The Morgan fingerprint density at radius 2 is 2.14 bits per heavy atom. The Hall–Kier alpha value is -1.96. The molecule has 0 spiro atoms. The lowest BCUT2D eigenvalue weighted by Gasteiger charge is -2.28. The lowest BCUT2D eigenvalue weighted by Crippen LogP contribution is -2.40. The molecule has 0 aliphatic rings. The highest BCUT2D eigenvalue weighted by Gasteiger charge is 2.32. The minimum atomic E-state index is -0.552. The summed E-state index contributed by atoms with van der Waals surface area (Å²) in [6.07, 6.45) is 1.21. The number of nitrogens with zero attached hydrogens (tertiary/aromatic N) is 3. The van der Waals surface area contributed by atoms with E-state index in [1.54, 1.807) is 7.05 Å². The number of aryl methyl sites for hydroxylation is 1. The molecule has 0 atom stereocenters. The van der Waals surface area contributed by atoms with E-state index in [9.17, 15) is 14.9 Å². The molecule has 0 unspecified atom stereocenters. The molecule has 1 aromatic rings. The number of nitro groups is 1. The highest BCUT2D eigenvalue weighted by atomic mass is 16.6. The number of nitrogens with two attached hydrogens (primary N) is 1. The van der Waals surface area contributed by atoms with Crippen molar-refractivity contribution in [2.24, 2.45) is 11.1 Å². The van der Waals surface area contributed by atoms with E-state index < -0.39 is 10.8 Å². The van der Waals surface area contributed by atoms with Crippen molar-refractivity contribution in [3.05, 3.63) is 21.5 Å². The second-order valence-electron chi connectivity index (χ2n) is 5.94. The maximum absolute atomic E-state index is 12.4. The normalized spacial score (nSPS) is 11.5. The third-order valence-electron chi connectivity index (χ3n) is 3.26. The van der Waals surface area contributed by atoms with Crippen LogP contribution < -0.4 is 5.73 Å². The number of rotatable bonds is 7. The van der Waals surface area contributed by atoms with Crippen LogP contribution in [0.2, 0.25) is 0 Å². The van der Waals surface area contributed by atoms with Crippen LogP contribution in [0.25, 0.3) is 0 Å². The number of H-pyrrole nitrogens is 1. The van der Waals surface area contributed by atoms with Gasteiger partial charge in [0, 0.05) is 13.6 Å². The lowest BCUT2D eigenvalue weighted by molar-refractivity contribution is -0.385. The standard InChI is InChI=1S/C13H23N5O3/c1-5-6-9-11(18(20)21)10(16-15-9)12(19)17(4)8-13(2,3)7-14/h5-8,14H2,1-4H3,(H,15,16). The number of hydrogen-bond acceptors (Lipinski definition) is 5. The molecule has 0 aliphatic carbocycles. The molecule has 0 aromatic carbocycles. The molecule has 1 amide bonds. The molecule has 21 heavy (non-hydrogen) atoms. The first-order valence-electron chi connectivity index (χ1n) is 6.90. The summed E-state index contributed by atoms with van der Waals surface area (Å²) >= 11 is 0. The molecule has 118 valence electrons. The molecule has 0 fully saturated rings. The van der Waals surface area contributed by atoms with Crippen molar-refractivity contribution in [2.45, 2.75) is 33.6 Å². The molecule has 0 saturated heterocycles. The highest BCUT2D eigenvalue weighted by Crippen LogP contribution is 2.24. The average molecular weight is 297 g/mol. The molecule has 8 nitrogen and oxygen atoms in total. The Labute approximate surface area is 123 Å². The van der Waals surface area contributed by atoms with E-state index in [2.05, 4.69) is 10.2 Å². The number of aromatic nitrogens is 2. The topological polar surface area (TPSA) is 118 Å². The van der Waals surface area contributed by atoms with Crippen LogP contribution in [0, 0.1) is 15.5 Å². The molecule has 1 rings (SSSR count). The van der Waals surface area contributed by atoms with Crippen LogP contribution in [0.4, 0.5) is 5.69 Å². The van der Waals surface area contributed by atoms with Crippen LogP contribution in [0.3, 0.4) is 0 Å². The first-order valence-corrected chi connectivity index (χ1v) is 6.90. The highest BCUT2D eigenvalue weighted by molar-refractivity contribution is 5.96. The van der Waals surface area contributed by atoms with Crippen molar-refractivity contribution >= 4 is 11.6 Å². The number of hydrogen-bond donors (Lipinski definition) is 2. The van der Waals surface area contributed by atoms with Crippen LogP contribution in [-0.4, -0.2) is 46.1 Å². The van der Waals surface area contributed by atoms with Crippen LogP contribution in [0.1, 0.15) is 43.4 Å². The quantitative estimate of drug-likeness (QED) is 0.581. The zero-order valence-corrected chi connectivity index (χ0v) is 13.0. The number of carbonyl (C=O) groups excluding carboxylic acids is 1. The fourth-order valence-corrected chi connectivity index (χ4v) is 2.10. The fourth-order valence-electron chi connectivity index (χ4n) is 2.10. The summed E-state index contributed by atoms with van der Waals surface area (Å²) in [4.78, 5) is 24.5. The zero-order chi connectivity index (χ0) is 16.2. The maximum Gasteiger partial charge on any atom is 0.322 e. The van der Waals surface area contributed by atoms with Gasteiger partial charge in [-0.1, -0.05) is 27.2 Å². The fraction of sp³-hybridized carbons (Fsp3) is 0.692. The van der Waals surface area contributed by atoms with Crippen molar-refractivity contribution in [1.82, 2.24) is 15.1 Å². The van der Waals surface area contributed by atoms with E-state index in [4.69, 9.17) is 5.73 Å². The van der Waals surface area contributed by atoms with Crippen LogP contribution in [0.15, 0.2) is 0 Å². The molecule has 1 heterocycles. The Balaban J connectivity index is 3.04. The summed E-state index contributed by atoms with van der Waals surface area (Å²) < 4.78 is 0. The summed E-state index contributed by atoms with van der Waals surface area (Å²) in [5.41, 5.74) is 5.41. The number of carbonyl (C=O) groups is 1. The van der Waals surface area contributed by atoms with Gasteiger partial charge in [-0.2, -0.15) is 5.10 Å². The van der Waals surface area contributed by atoms with Crippen LogP contribution in [0.5, 0.6) is 0 Å². The molecule has 0 saturated carbocycles. The predicted molar refractivity (Wildman–Crippen MR) is 79.0 cm³/mol. The smallest absolute Gasteiger partial charge is 0.322 e. The molecule has 0 bridgehead atoms. The predicted octanol–water partition coefficient (Wildman–Crippen LogP) is 1.33. The van der Waals surface area contributed by atoms with Crippen molar-refractivity contribution < 1.29 is 9.72 Å². The SMILES string of the molecule is CCCc1[nH]nc(C(=O)N(C)CC(C)(C)CN)c1[N+](=O)[O-]. The number of amides is 1. The Kier molecular flexibility index (Phi) is 5.42. The Morgan fingerprint density at radius 3 is 2.62 bits per heavy atom. The van der Waals surface area contributed by atoms with E-state index in [1.165, 1.54) is 4.90 Å². The Bertz CT molecular complexity index is 524. The second-order valence-corrected chi connectivity index (χ2v) is 5.94. The van der Waals surface area contributed by atoms with E-state index >= 15 is 0 Å². The van der Waals surface area contributed by atoms with Gasteiger partial charge in [-0.15, -0.1) is 0 Å². The van der Waals surface area contributed by atoms with E-state index in [1.807, 2.05) is 20.8 Å². The Morgan fingerprint density at radius 1 is 1.52 bits per heavy atom. The van der Waals surface area contributed by atoms with Gasteiger partial charge in [0.1, 0.15) is 5.69 Å². The van der Waals surface area contributed by atoms with E-state index in [-0.39, 0.29) is 16.8 Å². The van der Waals surface area contributed by atoms with E-state index in [0.717, 1.165) is 6.42 Å². The number of nitrogens with one attached hydrogen (secondary N) is 1. The summed E-state index contributed by atoms with van der Waals surface area (Å²) in [5, 5.41) is 17.7. The molecule has 0 aliphatic heterocycles. The van der Waals surface area contributed by atoms with E-state index in [0.29, 0.717) is 25.2 Å². The maximum atomic E-state index is 12.4. The van der Waals surface area contributed by atoms with Crippen LogP contribution >= 0.6 is 0 Å². The zero-order valence-electron chi connectivity index (χ0n) is 13.0. The average Bonchev–Trinajstić information content (AvgIpc) is 2.81. The van der Waals surface area contributed by atoms with Gasteiger partial charge in [0.2, 0.25) is 5.69 Å². The van der Waals surface area contributed by atoms with Gasteiger partial charge in [-0.25, -0.2) is 0 Å². The van der Waals surface area contributed by atoms with Crippen molar-refractivity contribution in [3.63, 3.8) is 0 Å². The summed E-state index contributed by atoms with van der Waals surface area (Å²) in [6, 6.07) is 0. The van der Waals surface area contributed by atoms with Gasteiger partial charge in [-0.3, -0.25) is 20.0 Å². The van der Waals surface area contributed by atoms with Crippen molar-refractivity contribution in [1.29, 1.82) is 0 Å². The largest absolute Gasteiger partial charge is 0.339 e. The van der Waals surface area contributed by atoms with Crippen molar-refractivity contribution in [3.8, 4) is 0 Å². The van der Waals surface area contributed by atoms with Gasteiger partial charge in [0.25, 0.3) is 5.91 Å². The minimum Gasteiger partial charge on any atom is -0.339 e. The monoisotopic (exact) mass is 297 g/mol. The third kappa shape index (κ3) is 4.01. The molecule has 1 aromatic heterocycles. The number of aromatic amines is 1. The summed E-state index contributed by atoms with van der Waals surface area (Å²) in [5.74, 6) is -0.471. The minimum absolute atomic E-state index is 0.140. The van der Waals surface area contributed by atoms with Crippen LogP contribution in [-0.2, 0) is 6.42 Å². The second kappa shape index (κ2) is 6.66. The first kappa shape index (κ1) is 17.1. The van der Waals surface area contributed by atoms with Gasteiger partial charge in [-0.05, 0) is 18.4 Å². The third-order valence-corrected chi connectivity index (χ3v) is 3.26. The summed E-state index contributed by atoms with van der Waals surface area (Å²) in [6.45, 7) is 6.57. The van der Waals surface area contributed by atoms with Gasteiger partial charge in [0.15, 0.2) is 0 Å². The molecule has 8 heteroatoms. The van der Waals surface area contributed by atoms with Gasteiger partial charge in [0.05, 0.1) is 4.92 Å². The molecular weight excluding hydrogens is 274 g/mol. The lowest BCUT2D eigenvalue weighted by atomic mass is 9.93. The first-order chi connectivity index (χ1) is 9.73.